The summed E-state index contributed by atoms with van der Waals surface area (Å²) in [6.45, 7) is 3.51. The standard InChI is InChI=1S/C13H20FNO3S/c1-3-7-19(16,17)8-6-18-13-5-4-11(10(2)15)9-12(13)14/h4-5,9-10H,3,6-8,15H2,1-2H3/t10-/m1/s1. The van der Waals surface area contributed by atoms with Gasteiger partial charge in [-0.3, -0.25) is 0 Å². The number of sulfone groups is 1. The van der Waals surface area contributed by atoms with E-state index < -0.39 is 15.7 Å². The van der Waals surface area contributed by atoms with E-state index in [-0.39, 0.29) is 29.9 Å². The minimum absolute atomic E-state index is 0.0449. The first kappa shape index (κ1) is 15.9. The van der Waals surface area contributed by atoms with Crippen LogP contribution in [0.2, 0.25) is 0 Å². The lowest BCUT2D eigenvalue weighted by Gasteiger charge is -2.10. The van der Waals surface area contributed by atoms with Crippen molar-refractivity contribution < 1.29 is 17.5 Å². The summed E-state index contributed by atoms with van der Waals surface area (Å²) < 4.78 is 41.7. The third-order valence-electron chi connectivity index (χ3n) is 2.65. The molecule has 4 nitrogen and oxygen atoms in total. The molecule has 19 heavy (non-hydrogen) atoms. The summed E-state index contributed by atoms with van der Waals surface area (Å²) >= 11 is 0. The van der Waals surface area contributed by atoms with Gasteiger partial charge in [0, 0.05) is 6.04 Å². The van der Waals surface area contributed by atoms with E-state index in [0.29, 0.717) is 12.0 Å². The molecule has 0 amide bonds. The van der Waals surface area contributed by atoms with E-state index >= 15 is 0 Å². The monoisotopic (exact) mass is 289 g/mol. The molecule has 0 heterocycles. The third kappa shape index (κ3) is 5.16. The van der Waals surface area contributed by atoms with Crippen LogP contribution in [0.4, 0.5) is 4.39 Å². The molecule has 1 atom stereocenters. The van der Waals surface area contributed by atoms with Crippen molar-refractivity contribution in [2.24, 2.45) is 5.73 Å². The Morgan fingerprint density at radius 1 is 1.37 bits per heavy atom. The number of hydrogen-bond donors (Lipinski definition) is 1. The summed E-state index contributed by atoms with van der Waals surface area (Å²) in [5.41, 5.74) is 6.31. The van der Waals surface area contributed by atoms with Gasteiger partial charge >= 0.3 is 0 Å². The first-order valence-corrected chi connectivity index (χ1v) is 8.06. The average molecular weight is 289 g/mol. The Bertz CT molecular complexity index is 515. The second-order valence-corrected chi connectivity index (χ2v) is 6.78. The van der Waals surface area contributed by atoms with Crippen LogP contribution in [0.3, 0.4) is 0 Å². The van der Waals surface area contributed by atoms with Gasteiger partial charge in [-0.25, -0.2) is 12.8 Å². The van der Waals surface area contributed by atoms with Crippen LogP contribution in [-0.2, 0) is 9.84 Å². The van der Waals surface area contributed by atoms with E-state index in [4.69, 9.17) is 10.5 Å². The van der Waals surface area contributed by atoms with Crippen LogP contribution in [0.1, 0.15) is 31.9 Å². The Hall–Kier alpha value is -1.14. The first-order chi connectivity index (χ1) is 8.85. The highest BCUT2D eigenvalue weighted by atomic mass is 32.2. The van der Waals surface area contributed by atoms with Crippen molar-refractivity contribution in [1.29, 1.82) is 0 Å². The molecule has 1 aromatic carbocycles. The van der Waals surface area contributed by atoms with Crippen LogP contribution in [-0.4, -0.2) is 26.5 Å². The van der Waals surface area contributed by atoms with Gasteiger partial charge in [-0.1, -0.05) is 13.0 Å². The Kier molecular flexibility index (Phi) is 5.75. The minimum atomic E-state index is -3.10. The van der Waals surface area contributed by atoms with Crippen LogP contribution in [0.25, 0.3) is 0 Å². The maximum absolute atomic E-state index is 13.6. The van der Waals surface area contributed by atoms with Gasteiger partial charge < -0.3 is 10.5 Å². The van der Waals surface area contributed by atoms with Crippen molar-refractivity contribution in [3.63, 3.8) is 0 Å². The number of ether oxygens (including phenoxy) is 1. The Morgan fingerprint density at radius 3 is 2.58 bits per heavy atom. The number of rotatable bonds is 7. The molecule has 108 valence electrons. The number of benzene rings is 1. The molecule has 0 unspecified atom stereocenters. The molecule has 0 fully saturated rings. The molecule has 0 aromatic heterocycles. The predicted molar refractivity (Wildman–Crippen MR) is 73.4 cm³/mol. The van der Waals surface area contributed by atoms with Gasteiger partial charge in [-0.15, -0.1) is 0 Å². The molecule has 0 saturated heterocycles. The SMILES string of the molecule is CCCS(=O)(=O)CCOc1ccc([C@@H](C)N)cc1F. The quantitative estimate of drug-likeness (QED) is 0.834. The van der Waals surface area contributed by atoms with Crippen LogP contribution < -0.4 is 10.5 Å². The molecule has 2 N–H and O–H groups in total. The molecule has 0 saturated carbocycles. The van der Waals surface area contributed by atoms with Crippen molar-refractivity contribution >= 4 is 9.84 Å². The zero-order valence-corrected chi connectivity index (χ0v) is 12.0. The molecule has 0 spiro atoms. The molecular weight excluding hydrogens is 269 g/mol. The lowest BCUT2D eigenvalue weighted by molar-refractivity contribution is 0.322. The molecule has 1 aromatic rings. The normalized spacial score (nSPS) is 13.3. The van der Waals surface area contributed by atoms with Crippen molar-refractivity contribution in [3.8, 4) is 5.75 Å². The van der Waals surface area contributed by atoms with Gasteiger partial charge in [0.15, 0.2) is 21.4 Å². The lowest BCUT2D eigenvalue weighted by Crippen LogP contribution is -2.17. The lowest BCUT2D eigenvalue weighted by atomic mass is 10.1. The summed E-state index contributed by atoms with van der Waals surface area (Å²) in [6.07, 6.45) is 0.569. The van der Waals surface area contributed by atoms with Crippen LogP contribution >= 0.6 is 0 Å². The average Bonchev–Trinajstić information content (AvgIpc) is 2.30. The highest BCUT2D eigenvalue weighted by Crippen LogP contribution is 2.21. The Labute approximate surface area is 113 Å². The van der Waals surface area contributed by atoms with Crippen molar-refractivity contribution in [2.75, 3.05) is 18.1 Å². The number of halogens is 1. The highest BCUT2D eigenvalue weighted by Gasteiger charge is 2.11. The van der Waals surface area contributed by atoms with Crippen LogP contribution in [0.15, 0.2) is 18.2 Å². The largest absolute Gasteiger partial charge is 0.489 e. The van der Waals surface area contributed by atoms with Gasteiger partial charge in [-0.2, -0.15) is 0 Å². The van der Waals surface area contributed by atoms with Gasteiger partial charge in [0.1, 0.15) is 6.61 Å². The van der Waals surface area contributed by atoms with Crippen LogP contribution in [0.5, 0.6) is 5.75 Å². The summed E-state index contributed by atoms with van der Waals surface area (Å²) in [5, 5.41) is 0. The van der Waals surface area contributed by atoms with Gasteiger partial charge in [0.05, 0.1) is 11.5 Å². The zero-order valence-electron chi connectivity index (χ0n) is 11.2. The summed E-state index contributed by atoms with van der Waals surface area (Å²) in [5.74, 6) is -0.448. The Balaban J connectivity index is 2.59. The van der Waals surface area contributed by atoms with Crippen LogP contribution in [0, 0.1) is 5.82 Å². The van der Waals surface area contributed by atoms with Crippen molar-refractivity contribution in [3.05, 3.63) is 29.6 Å². The third-order valence-corrected chi connectivity index (χ3v) is 4.47. The molecule has 0 radical (unpaired) electrons. The highest BCUT2D eigenvalue weighted by molar-refractivity contribution is 7.91. The van der Waals surface area contributed by atoms with E-state index in [0.717, 1.165) is 0 Å². The Morgan fingerprint density at radius 2 is 2.05 bits per heavy atom. The van der Waals surface area contributed by atoms with E-state index in [9.17, 15) is 12.8 Å². The summed E-state index contributed by atoms with van der Waals surface area (Å²) in [7, 11) is -3.10. The molecule has 0 bridgehead atoms. The van der Waals surface area contributed by atoms with Gasteiger partial charge in [-0.05, 0) is 31.0 Å². The second-order valence-electron chi connectivity index (χ2n) is 4.48. The molecule has 6 heteroatoms. The van der Waals surface area contributed by atoms with Crippen molar-refractivity contribution in [1.82, 2.24) is 0 Å². The predicted octanol–water partition coefficient (Wildman–Crippen LogP) is 2.05. The fourth-order valence-corrected chi connectivity index (χ4v) is 2.77. The van der Waals surface area contributed by atoms with E-state index in [1.165, 1.54) is 12.1 Å². The van der Waals surface area contributed by atoms with E-state index in [1.807, 2.05) is 0 Å². The van der Waals surface area contributed by atoms with Gasteiger partial charge in [0.25, 0.3) is 0 Å². The van der Waals surface area contributed by atoms with Gasteiger partial charge in [0.2, 0.25) is 0 Å². The van der Waals surface area contributed by atoms with Crippen molar-refractivity contribution in [2.45, 2.75) is 26.3 Å². The smallest absolute Gasteiger partial charge is 0.165 e. The first-order valence-electron chi connectivity index (χ1n) is 6.24. The number of hydrogen-bond acceptors (Lipinski definition) is 4. The fraction of sp³-hybridized carbons (Fsp3) is 0.538. The van der Waals surface area contributed by atoms with E-state index in [1.54, 1.807) is 19.9 Å². The molecular formula is C13H20FNO3S. The second kappa shape index (κ2) is 6.86. The summed E-state index contributed by atoms with van der Waals surface area (Å²) in [4.78, 5) is 0. The minimum Gasteiger partial charge on any atom is -0.489 e. The molecule has 0 aliphatic heterocycles. The molecule has 1 rings (SSSR count). The maximum Gasteiger partial charge on any atom is 0.165 e. The molecule has 0 aliphatic rings. The maximum atomic E-state index is 13.6. The zero-order chi connectivity index (χ0) is 14.5. The molecule has 0 aliphatic carbocycles. The fourth-order valence-electron chi connectivity index (χ4n) is 1.61. The summed E-state index contributed by atoms with van der Waals surface area (Å²) in [6, 6.07) is 4.19. The van der Waals surface area contributed by atoms with E-state index in [2.05, 4.69) is 0 Å². The number of nitrogens with two attached hydrogens (primary N) is 1. The topological polar surface area (TPSA) is 69.4 Å².